The monoisotopic (exact) mass is 447 g/mol. The normalized spacial score (nSPS) is 21.0. The molecule has 8 nitrogen and oxygen atoms in total. The second-order valence-electron chi connectivity index (χ2n) is 7.56. The zero-order valence-electron chi connectivity index (χ0n) is 16.9. The lowest BCUT2D eigenvalue weighted by molar-refractivity contribution is -0.115. The Hall–Kier alpha value is -2.98. The number of rotatable bonds is 6. The van der Waals surface area contributed by atoms with Crippen molar-refractivity contribution in [3.63, 3.8) is 0 Å². The predicted molar refractivity (Wildman–Crippen MR) is 110 cm³/mol. The van der Waals surface area contributed by atoms with E-state index in [1.807, 2.05) is 0 Å². The van der Waals surface area contributed by atoms with Gasteiger partial charge in [0.1, 0.15) is 17.3 Å². The van der Waals surface area contributed by atoms with Crippen LogP contribution < -0.4 is 10.1 Å². The summed E-state index contributed by atoms with van der Waals surface area (Å²) in [7, 11) is -2.19. The van der Waals surface area contributed by atoms with E-state index in [0.29, 0.717) is 12.2 Å². The van der Waals surface area contributed by atoms with Crippen LogP contribution in [0.1, 0.15) is 18.4 Å². The molecule has 0 bridgehead atoms. The van der Waals surface area contributed by atoms with Crippen LogP contribution in [0.3, 0.4) is 0 Å². The lowest BCUT2D eigenvalue weighted by Gasteiger charge is -2.21. The van der Waals surface area contributed by atoms with Gasteiger partial charge in [0.2, 0.25) is 10.0 Å². The molecule has 1 saturated heterocycles. The lowest BCUT2D eigenvalue weighted by Crippen LogP contribution is -2.38. The number of oxime groups is 1. The van der Waals surface area contributed by atoms with E-state index >= 15 is 0 Å². The molecule has 1 atom stereocenters. The number of carbonyl (C=O) groups is 1. The number of benzene rings is 2. The van der Waals surface area contributed by atoms with Crippen LogP contribution in [0.2, 0.25) is 0 Å². The van der Waals surface area contributed by atoms with E-state index in [-0.39, 0.29) is 42.5 Å². The van der Waals surface area contributed by atoms with Crippen molar-refractivity contribution in [1.82, 2.24) is 9.62 Å². The highest BCUT2D eigenvalue weighted by Gasteiger charge is 2.49. The van der Waals surface area contributed by atoms with Crippen LogP contribution in [0.4, 0.5) is 4.39 Å². The number of ether oxygens (including phenoxy) is 1. The molecule has 4 rings (SSSR count). The molecular weight excluding hydrogens is 425 g/mol. The summed E-state index contributed by atoms with van der Waals surface area (Å²) in [6.45, 7) is 0.608. The van der Waals surface area contributed by atoms with Crippen LogP contribution in [0.25, 0.3) is 0 Å². The Kier molecular flexibility index (Phi) is 5.67. The number of hydrogen-bond donors (Lipinski definition) is 1. The van der Waals surface area contributed by atoms with Crippen LogP contribution in [-0.2, 0) is 26.2 Å². The van der Waals surface area contributed by atoms with Gasteiger partial charge in [0.25, 0.3) is 5.91 Å². The largest absolute Gasteiger partial charge is 0.497 e. The van der Waals surface area contributed by atoms with Crippen molar-refractivity contribution in [3.05, 3.63) is 59.9 Å². The number of halogens is 1. The highest BCUT2D eigenvalue weighted by atomic mass is 32.2. The molecule has 0 aliphatic carbocycles. The van der Waals surface area contributed by atoms with Gasteiger partial charge in [-0.15, -0.1) is 0 Å². The molecule has 0 unspecified atom stereocenters. The first-order valence-electron chi connectivity index (χ1n) is 9.73. The average molecular weight is 447 g/mol. The molecular formula is C21H22FN3O5S. The van der Waals surface area contributed by atoms with Crippen LogP contribution in [0, 0.1) is 5.82 Å². The molecule has 0 saturated carbocycles. The standard InChI is InChI=1S/C21H22FN3O5S/c1-29-17-6-8-18(9-7-17)31(27,28)25-11-10-21(14-25)12-19(24-30-21)20(26)23-13-15-2-4-16(22)5-3-15/h2-9H,10-14H2,1H3,(H,23,26)/t21-/m1/s1. The summed E-state index contributed by atoms with van der Waals surface area (Å²) in [5, 5.41) is 6.64. The summed E-state index contributed by atoms with van der Waals surface area (Å²) < 4.78 is 45.3. The Labute approximate surface area is 179 Å². The molecule has 164 valence electrons. The zero-order valence-corrected chi connectivity index (χ0v) is 17.7. The van der Waals surface area contributed by atoms with Crippen LogP contribution >= 0.6 is 0 Å². The van der Waals surface area contributed by atoms with E-state index in [0.717, 1.165) is 5.56 Å². The van der Waals surface area contributed by atoms with E-state index in [1.54, 1.807) is 24.3 Å². The predicted octanol–water partition coefficient (Wildman–Crippen LogP) is 2.06. The van der Waals surface area contributed by atoms with E-state index < -0.39 is 21.5 Å². The number of methoxy groups -OCH3 is 1. The third-order valence-corrected chi connectivity index (χ3v) is 7.31. The van der Waals surface area contributed by atoms with E-state index in [1.165, 1.54) is 35.7 Å². The fourth-order valence-corrected chi connectivity index (χ4v) is 5.17. The topological polar surface area (TPSA) is 97.3 Å². The molecule has 1 amide bonds. The number of nitrogens with zero attached hydrogens (tertiary/aromatic N) is 2. The zero-order chi connectivity index (χ0) is 22.1. The molecule has 2 aliphatic rings. The molecule has 0 radical (unpaired) electrons. The lowest BCUT2D eigenvalue weighted by atomic mass is 9.96. The minimum atomic E-state index is -3.70. The van der Waals surface area contributed by atoms with Gasteiger partial charge in [-0.25, -0.2) is 12.8 Å². The van der Waals surface area contributed by atoms with Crippen LogP contribution in [0.15, 0.2) is 58.6 Å². The summed E-state index contributed by atoms with van der Waals surface area (Å²) in [5.74, 6) is -0.167. The first-order chi connectivity index (χ1) is 14.8. The maximum atomic E-state index is 13.0. The fourth-order valence-electron chi connectivity index (χ4n) is 3.66. The summed E-state index contributed by atoms with van der Waals surface area (Å²) in [4.78, 5) is 18.2. The number of sulfonamides is 1. The number of carbonyl (C=O) groups excluding carboxylic acids is 1. The van der Waals surface area contributed by atoms with Gasteiger partial charge in [-0.2, -0.15) is 4.31 Å². The third kappa shape index (κ3) is 4.40. The van der Waals surface area contributed by atoms with Crippen molar-refractivity contribution >= 4 is 21.6 Å². The average Bonchev–Trinajstić information content (AvgIpc) is 3.40. The van der Waals surface area contributed by atoms with Crippen molar-refractivity contribution in [3.8, 4) is 5.75 Å². The highest BCUT2D eigenvalue weighted by molar-refractivity contribution is 7.89. The van der Waals surface area contributed by atoms with E-state index in [4.69, 9.17) is 9.57 Å². The maximum Gasteiger partial charge on any atom is 0.269 e. The third-order valence-electron chi connectivity index (χ3n) is 5.45. The summed E-state index contributed by atoms with van der Waals surface area (Å²) >= 11 is 0. The van der Waals surface area contributed by atoms with E-state index in [2.05, 4.69) is 10.5 Å². The van der Waals surface area contributed by atoms with Crippen LogP contribution in [-0.4, -0.2) is 50.1 Å². The van der Waals surface area contributed by atoms with Crippen molar-refractivity contribution in [1.29, 1.82) is 0 Å². The number of amides is 1. The van der Waals surface area contributed by atoms with Gasteiger partial charge < -0.3 is 14.9 Å². The highest BCUT2D eigenvalue weighted by Crippen LogP contribution is 2.36. The molecule has 2 aromatic rings. The summed E-state index contributed by atoms with van der Waals surface area (Å²) in [6, 6.07) is 12.0. The van der Waals surface area contributed by atoms with Gasteiger partial charge in [0.05, 0.1) is 18.6 Å². The van der Waals surface area contributed by atoms with Gasteiger partial charge in [-0.1, -0.05) is 17.3 Å². The first-order valence-corrected chi connectivity index (χ1v) is 11.2. The molecule has 2 aromatic carbocycles. The second kappa shape index (κ2) is 8.27. The quantitative estimate of drug-likeness (QED) is 0.731. The Balaban J connectivity index is 1.36. The molecule has 31 heavy (non-hydrogen) atoms. The Morgan fingerprint density at radius 3 is 2.61 bits per heavy atom. The fraction of sp³-hybridized carbons (Fsp3) is 0.333. The molecule has 0 aromatic heterocycles. The van der Waals surface area contributed by atoms with Crippen molar-refractivity contribution in [2.24, 2.45) is 5.16 Å². The molecule has 1 fully saturated rings. The Morgan fingerprint density at radius 1 is 1.23 bits per heavy atom. The minimum absolute atomic E-state index is 0.111. The molecule has 2 heterocycles. The molecule has 1 spiro atoms. The SMILES string of the molecule is COc1ccc(S(=O)(=O)N2CC[C@@]3(CC(C(=O)NCc4ccc(F)cc4)=NO3)C2)cc1. The number of nitrogens with one attached hydrogen (secondary N) is 1. The molecule has 10 heteroatoms. The Bertz CT molecular complexity index is 1100. The summed E-state index contributed by atoms with van der Waals surface area (Å²) in [5.41, 5.74) is 0.120. The molecule has 2 aliphatic heterocycles. The maximum absolute atomic E-state index is 13.0. The van der Waals surface area contributed by atoms with Crippen molar-refractivity contribution in [2.45, 2.75) is 29.9 Å². The Morgan fingerprint density at radius 2 is 1.94 bits per heavy atom. The number of hydrogen-bond acceptors (Lipinski definition) is 6. The van der Waals surface area contributed by atoms with Gasteiger partial charge in [-0.05, 0) is 42.0 Å². The van der Waals surface area contributed by atoms with Gasteiger partial charge in [0.15, 0.2) is 5.60 Å². The van der Waals surface area contributed by atoms with Crippen molar-refractivity contribution in [2.75, 3.05) is 20.2 Å². The van der Waals surface area contributed by atoms with Crippen molar-refractivity contribution < 1.29 is 27.2 Å². The molecule has 1 N–H and O–H groups in total. The first kappa shape index (κ1) is 21.3. The second-order valence-corrected chi connectivity index (χ2v) is 9.50. The summed E-state index contributed by atoms with van der Waals surface area (Å²) in [6.07, 6.45) is 0.650. The van der Waals surface area contributed by atoms with Gasteiger partial charge in [-0.3, -0.25) is 4.79 Å². The smallest absolute Gasteiger partial charge is 0.269 e. The minimum Gasteiger partial charge on any atom is -0.497 e. The van der Waals surface area contributed by atoms with E-state index in [9.17, 15) is 17.6 Å². The van der Waals surface area contributed by atoms with Gasteiger partial charge in [0, 0.05) is 25.9 Å². The van der Waals surface area contributed by atoms with Crippen LogP contribution in [0.5, 0.6) is 5.75 Å². The van der Waals surface area contributed by atoms with Gasteiger partial charge >= 0.3 is 0 Å².